The van der Waals surface area contributed by atoms with E-state index in [4.69, 9.17) is 14.5 Å². The summed E-state index contributed by atoms with van der Waals surface area (Å²) in [5.41, 5.74) is 2.35. The van der Waals surface area contributed by atoms with Gasteiger partial charge in [-0.15, -0.1) is 0 Å². The molecule has 6 saturated carbocycles. The Balaban J connectivity index is 0.993. The van der Waals surface area contributed by atoms with E-state index in [1.165, 1.54) is 5.57 Å². The number of carbonyl (C=O) groups excluding carboxylic acids is 2. The SMILES string of the molecule is C=C(C)[C@@H]1CC[C@]2(C(=O)N3C[C@H](OC)C[C@H]3c3ncc(-c4ccccc4)[nH]3)CC[C@]3(C)C(CC[C@@H]4C5(C)CCC(OC(=O)[C@H]6CC(C(O)O)C6(C)C)C[C@]5(NCCC)CCC43C)[C@@H]12. The molecule has 0 spiro atoms. The van der Waals surface area contributed by atoms with E-state index in [9.17, 15) is 15.0 Å². The minimum Gasteiger partial charge on any atom is -0.462 e. The summed E-state index contributed by atoms with van der Waals surface area (Å²) >= 11 is 0. The molecule has 7 aliphatic rings. The number of hydrogen-bond acceptors (Lipinski definition) is 8. The molecular weight excluding hydrogens is 789 g/mol. The Morgan fingerprint density at radius 1 is 0.937 bits per heavy atom. The normalized spacial score (nSPS) is 42.7. The van der Waals surface area contributed by atoms with Crippen LogP contribution >= 0.6 is 0 Å². The first kappa shape index (κ1) is 45.1. The van der Waals surface area contributed by atoms with Gasteiger partial charge in [0.2, 0.25) is 5.91 Å². The summed E-state index contributed by atoms with van der Waals surface area (Å²) in [6.07, 6.45) is 13.5. The number of H-pyrrole nitrogens is 1. The summed E-state index contributed by atoms with van der Waals surface area (Å²) < 4.78 is 12.5. The molecule has 6 aliphatic carbocycles. The number of allylic oxidation sites excluding steroid dienone is 1. The first-order valence-electron chi connectivity index (χ1n) is 24.8. The lowest BCUT2D eigenvalue weighted by atomic mass is 9.32. The second kappa shape index (κ2) is 16.1. The maximum absolute atomic E-state index is 15.8. The van der Waals surface area contributed by atoms with Crippen molar-refractivity contribution in [1.82, 2.24) is 20.2 Å². The summed E-state index contributed by atoms with van der Waals surface area (Å²) in [4.78, 5) is 40.3. The number of aromatic nitrogens is 2. The van der Waals surface area contributed by atoms with Crippen molar-refractivity contribution in [3.05, 3.63) is 54.5 Å². The minimum absolute atomic E-state index is 0.0151. The molecule has 1 aliphatic heterocycles. The predicted octanol–water partition coefficient (Wildman–Crippen LogP) is 9.39. The lowest BCUT2D eigenvalue weighted by molar-refractivity contribution is -0.241. The van der Waals surface area contributed by atoms with Gasteiger partial charge < -0.3 is 34.9 Å². The van der Waals surface area contributed by atoms with Crippen LogP contribution in [0, 0.1) is 62.6 Å². The van der Waals surface area contributed by atoms with E-state index >= 15 is 4.79 Å². The number of nitrogens with one attached hydrogen (secondary N) is 2. The highest BCUT2D eigenvalue weighted by atomic mass is 16.5. The largest absolute Gasteiger partial charge is 0.462 e. The van der Waals surface area contributed by atoms with Crippen LogP contribution in [-0.4, -0.2) is 81.2 Å². The molecular formula is C53H78N4O6. The molecule has 10 nitrogen and oxygen atoms in total. The second-order valence-electron chi connectivity index (χ2n) is 23.2. The Morgan fingerprint density at radius 2 is 1.68 bits per heavy atom. The Hall–Kier alpha value is -3.05. The molecule has 1 saturated heterocycles. The Bertz CT molecular complexity index is 2050. The molecule has 0 bridgehead atoms. The zero-order valence-electron chi connectivity index (χ0n) is 39.7. The molecule has 7 fully saturated rings. The Morgan fingerprint density at radius 3 is 2.37 bits per heavy atom. The lowest BCUT2D eigenvalue weighted by Gasteiger charge is -2.74. The van der Waals surface area contributed by atoms with Crippen LogP contribution in [-0.2, 0) is 19.1 Å². The predicted molar refractivity (Wildman–Crippen MR) is 245 cm³/mol. The zero-order chi connectivity index (χ0) is 44.9. The van der Waals surface area contributed by atoms with Gasteiger partial charge in [0.1, 0.15) is 11.9 Å². The standard InChI is InChI=1S/C53H78N4O6/c1-10-26-55-53-25-23-50(7)42(51(53,8)20-18-34(29-53)63-46(60)39-28-38(45(58)59)48(39,4)5)17-16-37-43-36(32(2)3)19-21-52(43,24-22-49(37,50)6)47(61)57-31-35(62-9)27-41(57)44-54-30-40(56-44)33-14-12-11-13-15-33/h11-15,30,34-39,41-43,45,55,58-59H,2,10,16-29,31H2,1,3-9H3,(H,54,56)/t34?,35-,36+,37?,38?,39-,41+,42+,43-,49-,50?,51?,52+,53-/m1/s1. The summed E-state index contributed by atoms with van der Waals surface area (Å²) in [6, 6.07) is 10.1. The second-order valence-corrected chi connectivity index (χ2v) is 23.2. The summed E-state index contributed by atoms with van der Waals surface area (Å²) in [5.74, 6) is 1.82. The molecule has 346 valence electrons. The van der Waals surface area contributed by atoms with Crippen molar-refractivity contribution < 1.29 is 29.3 Å². The average molecular weight is 867 g/mol. The monoisotopic (exact) mass is 867 g/mol. The van der Waals surface area contributed by atoms with Crippen LogP contribution in [0.1, 0.15) is 150 Å². The topological polar surface area (TPSA) is 137 Å². The molecule has 63 heavy (non-hydrogen) atoms. The van der Waals surface area contributed by atoms with Gasteiger partial charge in [0.25, 0.3) is 0 Å². The number of aliphatic hydroxyl groups is 2. The van der Waals surface area contributed by atoms with Crippen LogP contribution in [0.4, 0.5) is 0 Å². The third kappa shape index (κ3) is 6.70. The maximum atomic E-state index is 15.8. The number of likely N-dealkylation sites (tertiary alicyclic amines) is 1. The molecule has 0 radical (unpaired) electrons. The van der Waals surface area contributed by atoms with E-state index in [2.05, 4.69) is 68.5 Å². The molecule has 10 heteroatoms. The average Bonchev–Trinajstić information content (AvgIpc) is 4.01. The van der Waals surface area contributed by atoms with Gasteiger partial charge in [0, 0.05) is 38.0 Å². The molecule has 1 aromatic carbocycles. The number of ether oxygens (including phenoxy) is 2. The van der Waals surface area contributed by atoms with Crippen molar-refractivity contribution in [3.8, 4) is 11.3 Å². The Labute approximate surface area is 377 Å². The summed E-state index contributed by atoms with van der Waals surface area (Å²) in [5, 5.41) is 24.0. The lowest BCUT2D eigenvalue weighted by Crippen LogP contribution is -2.73. The number of amides is 1. The van der Waals surface area contributed by atoms with E-state index in [1.54, 1.807) is 7.11 Å². The van der Waals surface area contributed by atoms with Gasteiger partial charge in [-0.3, -0.25) is 9.59 Å². The number of nitrogens with zero attached hydrogens (tertiary/aromatic N) is 2. The van der Waals surface area contributed by atoms with Crippen LogP contribution in [0.15, 0.2) is 48.7 Å². The van der Waals surface area contributed by atoms with E-state index in [0.717, 1.165) is 107 Å². The van der Waals surface area contributed by atoms with Gasteiger partial charge in [0.15, 0.2) is 6.29 Å². The molecule has 2 heterocycles. The van der Waals surface area contributed by atoms with Crippen molar-refractivity contribution >= 4 is 11.9 Å². The van der Waals surface area contributed by atoms with E-state index in [1.807, 2.05) is 38.2 Å². The number of fused-ring (bicyclic) bond motifs is 7. The summed E-state index contributed by atoms with van der Waals surface area (Å²) in [6.45, 7) is 22.4. The van der Waals surface area contributed by atoms with Gasteiger partial charge in [-0.1, -0.05) is 84.0 Å². The molecule has 14 atom stereocenters. The molecule has 1 aromatic heterocycles. The number of hydrogen-bond donors (Lipinski definition) is 4. The van der Waals surface area contributed by atoms with E-state index in [0.29, 0.717) is 36.6 Å². The molecule has 9 rings (SSSR count). The number of rotatable bonds is 11. The van der Waals surface area contributed by atoms with Crippen molar-refractivity contribution in [3.63, 3.8) is 0 Å². The van der Waals surface area contributed by atoms with Crippen LogP contribution < -0.4 is 5.32 Å². The fraction of sp³-hybridized carbons (Fsp3) is 0.755. The van der Waals surface area contributed by atoms with Gasteiger partial charge in [-0.25, -0.2) is 4.98 Å². The Kier molecular flexibility index (Phi) is 11.5. The molecule has 4 N–H and O–H groups in total. The fourth-order valence-electron chi connectivity index (χ4n) is 16.6. The molecule has 1 amide bonds. The number of imidazole rings is 1. The quantitative estimate of drug-likeness (QED) is 0.0997. The number of benzene rings is 1. The number of aromatic amines is 1. The highest BCUT2D eigenvalue weighted by Gasteiger charge is 2.73. The first-order valence-corrected chi connectivity index (χ1v) is 24.8. The van der Waals surface area contributed by atoms with Crippen LogP contribution in [0.3, 0.4) is 0 Å². The van der Waals surface area contributed by atoms with Crippen molar-refractivity contribution in [2.45, 2.75) is 168 Å². The van der Waals surface area contributed by atoms with Gasteiger partial charge in [-0.05, 0) is 141 Å². The van der Waals surface area contributed by atoms with Gasteiger partial charge in [-0.2, -0.15) is 0 Å². The molecule has 2 aromatic rings. The molecule has 5 unspecified atom stereocenters. The summed E-state index contributed by atoms with van der Waals surface area (Å²) in [7, 11) is 1.78. The highest BCUT2D eigenvalue weighted by molar-refractivity contribution is 5.85. The fourth-order valence-corrected chi connectivity index (χ4v) is 16.6. The van der Waals surface area contributed by atoms with Gasteiger partial charge >= 0.3 is 5.97 Å². The zero-order valence-corrected chi connectivity index (χ0v) is 39.7. The minimum atomic E-state index is -1.42. The van der Waals surface area contributed by atoms with Crippen LogP contribution in [0.2, 0.25) is 0 Å². The van der Waals surface area contributed by atoms with Crippen molar-refractivity contribution in [2.75, 3.05) is 20.2 Å². The third-order valence-corrected chi connectivity index (χ3v) is 20.5. The van der Waals surface area contributed by atoms with Crippen LogP contribution in [0.5, 0.6) is 0 Å². The smallest absolute Gasteiger partial charge is 0.309 e. The third-order valence-electron chi connectivity index (χ3n) is 20.5. The first-order chi connectivity index (χ1) is 29.9. The van der Waals surface area contributed by atoms with Crippen LogP contribution in [0.25, 0.3) is 11.3 Å². The maximum Gasteiger partial charge on any atom is 0.309 e. The number of esters is 1. The number of methoxy groups -OCH3 is 1. The highest BCUT2D eigenvalue weighted by Crippen LogP contribution is 2.77. The number of carbonyl (C=O) groups is 2. The van der Waals surface area contributed by atoms with Crippen molar-refractivity contribution in [1.29, 1.82) is 0 Å². The van der Waals surface area contributed by atoms with Crippen molar-refractivity contribution in [2.24, 2.45) is 62.6 Å². The van der Waals surface area contributed by atoms with Gasteiger partial charge in [0.05, 0.1) is 35.4 Å². The number of aliphatic hydroxyl groups excluding tert-OH is 1. The van der Waals surface area contributed by atoms with E-state index in [-0.39, 0.29) is 63.8 Å². The van der Waals surface area contributed by atoms with E-state index < -0.39 is 17.1 Å².